The number of carbonyl (C=O) groups is 9. The molecule has 1 saturated heterocycles. The minimum atomic E-state index is -1.50. The third-order valence-corrected chi connectivity index (χ3v) is 15.4. The lowest BCUT2D eigenvalue weighted by Gasteiger charge is -2.30. The Kier molecular flexibility index (Phi) is 26.2. The smallest absolute Gasteiger partial charge is 0.244 e. The van der Waals surface area contributed by atoms with Crippen LogP contribution in [0.2, 0.25) is 0 Å². The van der Waals surface area contributed by atoms with Crippen LogP contribution in [0.1, 0.15) is 84.3 Å². The second-order valence-electron chi connectivity index (χ2n) is 19.9. The highest BCUT2D eigenvalue weighted by molar-refractivity contribution is 8.76. The predicted octanol–water partition coefficient (Wildman–Crippen LogP) is -1.36. The average molecular weight is 1150 g/mol. The first-order chi connectivity index (χ1) is 37.9. The molecule has 28 heteroatoms. The van der Waals surface area contributed by atoms with Crippen LogP contribution < -0.4 is 71.2 Å². The summed E-state index contributed by atoms with van der Waals surface area (Å²) in [5.74, 6) is -8.45. The van der Waals surface area contributed by atoms with Gasteiger partial charge >= 0.3 is 0 Å². The lowest BCUT2D eigenvalue weighted by Crippen LogP contribution is -2.61. The van der Waals surface area contributed by atoms with Gasteiger partial charge < -0.3 is 81.3 Å². The molecule has 2 heterocycles. The number of aromatic nitrogens is 1. The number of nitrogens with one attached hydrogen (secondary N) is 9. The molecule has 2 aromatic carbocycles. The minimum Gasteiger partial charge on any atom is -0.508 e. The number of aromatic amines is 1. The van der Waals surface area contributed by atoms with E-state index in [1.807, 2.05) is 45.0 Å². The van der Waals surface area contributed by atoms with E-state index < -0.39 is 107 Å². The fourth-order valence-electron chi connectivity index (χ4n) is 8.49. The van der Waals surface area contributed by atoms with Crippen LogP contribution >= 0.6 is 21.6 Å². The summed E-state index contributed by atoms with van der Waals surface area (Å²) < 4.78 is 0. The SMILES string of the molecule is CC[C@H](C)[C@@H]1NC(=O)[C@H](CC(C)C)NC(=O)C(NC(C)=O)CSSC[C@@H](C(=O)N[C@@H](CCCN=C(N)N)C(=O)N[C@@H](Cc2ccc(O)cc2)C(N)=O)NC(=O)[C@H](CCCN=C(N)N)NC(=O)C(Cc2c[nH]c3ccccc23)NC1=O. The van der Waals surface area contributed by atoms with Crippen LogP contribution in [0, 0.1) is 11.8 Å². The topological polar surface area (TPSA) is 441 Å². The Hall–Kier alpha value is -7.75. The third-order valence-electron chi connectivity index (χ3n) is 12.9. The zero-order chi connectivity index (χ0) is 59.1. The number of para-hydroxylation sites is 1. The van der Waals surface area contributed by atoms with Gasteiger partial charge in [-0.2, -0.15) is 0 Å². The van der Waals surface area contributed by atoms with Gasteiger partial charge in [-0.25, -0.2) is 0 Å². The standard InChI is InChI=1S/C52H78N16O10S2/c1-6-28(4)42-50(78)66-39(23-31-24-60-34-12-8-7-11-33(31)34)46(74)62-36(14-10-20-59-52(56)57)45(73)67-41(26-80-79-25-40(61-29(5)69)48(76)65-38(21-27(2)3)47(75)68-42)49(77)63-35(13-9-19-58-51(54)55)44(72)64-37(43(53)71)22-30-15-17-32(70)18-16-30/h7-8,11-12,15-18,24,27-28,35-42,60,70H,6,9-10,13-14,19-23,25-26H2,1-5H3,(H2,53,71)(H,61,69)(H,62,74)(H,63,77)(H,64,72)(H,65,76)(H,66,78)(H,67,73)(H,68,75)(H4,54,55,58)(H4,56,57,59)/t28-,35-,36-,37-,38-,39?,40?,41-,42-/m0/s1. The molecule has 1 aromatic heterocycles. The van der Waals surface area contributed by atoms with Crippen LogP contribution in [0.5, 0.6) is 5.75 Å². The zero-order valence-corrected chi connectivity index (χ0v) is 47.3. The summed E-state index contributed by atoms with van der Waals surface area (Å²) in [6.07, 6.45) is 2.15. The number of rotatable bonds is 22. The number of primary amides is 1. The average Bonchev–Trinajstić information content (AvgIpc) is 3.81. The Morgan fingerprint density at radius 2 is 1.34 bits per heavy atom. The molecule has 3 aromatic rings. The first-order valence-corrected chi connectivity index (χ1v) is 28.8. The Labute approximate surface area is 472 Å². The van der Waals surface area contributed by atoms with Crippen LogP contribution in [0.15, 0.2) is 64.7 Å². The lowest BCUT2D eigenvalue weighted by atomic mass is 9.95. The van der Waals surface area contributed by atoms with Crippen molar-refractivity contribution in [3.05, 3.63) is 65.9 Å². The van der Waals surface area contributed by atoms with Gasteiger partial charge in [0.05, 0.1) is 0 Å². The van der Waals surface area contributed by atoms with Gasteiger partial charge in [0.25, 0.3) is 0 Å². The minimum absolute atomic E-state index is 0.0285. The van der Waals surface area contributed by atoms with E-state index >= 15 is 0 Å². The second-order valence-corrected chi connectivity index (χ2v) is 22.5. The molecule has 9 amide bonds. The highest BCUT2D eigenvalue weighted by Crippen LogP contribution is 2.25. The number of hydrogen-bond donors (Lipinski definition) is 15. The van der Waals surface area contributed by atoms with E-state index in [0.29, 0.717) is 17.5 Å². The maximum Gasteiger partial charge on any atom is 0.244 e. The molecule has 438 valence electrons. The van der Waals surface area contributed by atoms with E-state index in [4.69, 9.17) is 28.7 Å². The number of fused-ring (bicyclic) bond motifs is 1. The molecule has 1 aliphatic heterocycles. The Balaban J connectivity index is 1.82. The summed E-state index contributed by atoms with van der Waals surface area (Å²) in [6, 6.07) is 2.61. The fraction of sp³-hybridized carbons (Fsp3) is 0.519. The monoisotopic (exact) mass is 1150 g/mol. The molecule has 20 N–H and O–H groups in total. The number of amides is 9. The van der Waals surface area contributed by atoms with Gasteiger partial charge in [-0.3, -0.25) is 53.1 Å². The largest absolute Gasteiger partial charge is 0.508 e. The number of nitrogens with zero attached hydrogens (tertiary/aromatic N) is 2. The molecule has 26 nitrogen and oxygen atoms in total. The van der Waals surface area contributed by atoms with Crippen molar-refractivity contribution in [3.8, 4) is 5.75 Å². The van der Waals surface area contributed by atoms with E-state index in [1.165, 1.54) is 19.1 Å². The summed E-state index contributed by atoms with van der Waals surface area (Å²) in [5.41, 5.74) is 30.0. The molecule has 0 saturated carbocycles. The van der Waals surface area contributed by atoms with Crippen LogP contribution in [-0.2, 0) is 56.0 Å². The summed E-state index contributed by atoms with van der Waals surface area (Å²) in [6.45, 7) is 8.54. The van der Waals surface area contributed by atoms with Crippen molar-refractivity contribution >= 4 is 97.6 Å². The molecule has 9 atom stereocenters. The van der Waals surface area contributed by atoms with Crippen molar-refractivity contribution in [3.63, 3.8) is 0 Å². The molecule has 0 radical (unpaired) electrons. The quantitative estimate of drug-likeness (QED) is 0.0239. The molecule has 4 rings (SSSR count). The summed E-state index contributed by atoms with van der Waals surface area (Å²) in [7, 11) is 2.07. The van der Waals surface area contributed by atoms with Crippen LogP contribution in [0.25, 0.3) is 10.9 Å². The zero-order valence-electron chi connectivity index (χ0n) is 45.7. The van der Waals surface area contributed by atoms with E-state index in [2.05, 4.69) is 57.5 Å². The molecule has 0 aliphatic carbocycles. The Morgan fingerprint density at radius 3 is 1.98 bits per heavy atom. The molecule has 1 aliphatic rings. The van der Waals surface area contributed by atoms with Gasteiger partial charge in [0.15, 0.2) is 11.9 Å². The number of phenols is 1. The molecule has 80 heavy (non-hydrogen) atoms. The number of carbonyl (C=O) groups excluding carboxylic acids is 9. The van der Waals surface area contributed by atoms with Crippen molar-refractivity contribution in [2.24, 2.45) is 50.5 Å². The van der Waals surface area contributed by atoms with E-state index in [-0.39, 0.29) is 93.1 Å². The number of aliphatic imine (C=N–C) groups is 2. The third kappa shape index (κ3) is 21.5. The van der Waals surface area contributed by atoms with Crippen LogP contribution in [0.3, 0.4) is 0 Å². The number of guanidine groups is 2. The number of H-pyrrole nitrogens is 1. The fourth-order valence-corrected chi connectivity index (χ4v) is 10.8. The molecule has 1 fully saturated rings. The maximum absolute atomic E-state index is 14.8. The van der Waals surface area contributed by atoms with E-state index in [1.54, 1.807) is 25.3 Å². The molecule has 0 spiro atoms. The normalized spacial score (nSPS) is 20.9. The van der Waals surface area contributed by atoms with Gasteiger partial charge in [0.1, 0.15) is 54.1 Å². The van der Waals surface area contributed by atoms with E-state index in [0.717, 1.165) is 32.5 Å². The summed E-state index contributed by atoms with van der Waals surface area (Å²) >= 11 is 0. The number of aromatic hydroxyl groups is 1. The van der Waals surface area contributed by atoms with E-state index in [9.17, 15) is 48.3 Å². The van der Waals surface area contributed by atoms with Crippen molar-refractivity contribution in [1.29, 1.82) is 0 Å². The van der Waals surface area contributed by atoms with Crippen LogP contribution in [0.4, 0.5) is 0 Å². The first kappa shape index (κ1) is 64.8. The highest BCUT2D eigenvalue weighted by atomic mass is 33.1. The molecule has 0 bridgehead atoms. The Morgan fingerprint density at radius 1 is 0.725 bits per heavy atom. The number of phenolic OH excluding ortho intramolecular Hbond substituents is 1. The van der Waals surface area contributed by atoms with Gasteiger partial charge in [0.2, 0.25) is 53.2 Å². The van der Waals surface area contributed by atoms with Crippen molar-refractivity contribution < 1.29 is 48.3 Å². The van der Waals surface area contributed by atoms with Gasteiger partial charge in [-0.05, 0) is 73.3 Å². The van der Waals surface area contributed by atoms with Crippen molar-refractivity contribution in [2.45, 2.75) is 134 Å². The summed E-state index contributed by atoms with van der Waals surface area (Å²) in [4.78, 5) is 138. The van der Waals surface area contributed by atoms with Gasteiger partial charge in [-0.15, -0.1) is 0 Å². The molecular formula is C52H78N16O10S2. The number of hydrogen-bond acceptors (Lipinski definition) is 14. The number of benzene rings is 2. The maximum atomic E-state index is 14.8. The van der Waals surface area contributed by atoms with Gasteiger partial charge in [0, 0.05) is 61.5 Å². The Bertz CT molecular complexity index is 2680. The molecule has 2 unspecified atom stereocenters. The second kappa shape index (κ2) is 32.4. The highest BCUT2D eigenvalue weighted by Gasteiger charge is 2.37. The summed E-state index contributed by atoms with van der Waals surface area (Å²) in [5, 5.41) is 32.4. The molecular weight excluding hydrogens is 1070 g/mol. The number of nitrogens with two attached hydrogens (primary N) is 5. The first-order valence-electron chi connectivity index (χ1n) is 26.3. The van der Waals surface area contributed by atoms with Crippen LogP contribution in [-0.4, -0.2) is 148 Å². The van der Waals surface area contributed by atoms with Crippen molar-refractivity contribution in [1.82, 2.24) is 47.5 Å². The van der Waals surface area contributed by atoms with Gasteiger partial charge in [-0.1, -0.05) is 86.0 Å². The predicted molar refractivity (Wildman–Crippen MR) is 308 cm³/mol. The lowest BCUT2D eigenvalue weighted by molar-refractivity contribution is -0.136. The van der Waals surface area contributed by atoms with Crippen molar-refractivity contribution in [2.75, 3.05) is 24.6 Å².